The van der Waals surface area contributed by atoms with Gasteiger partial charge < -0.3 is 23.3 Å². The van der Waals surface area contributed by atoms with Crippen molar-refractivity contribution in [3.63, 3.8) is 0 Å². The Hall–Kier alpha value is -1.56. The zero-order valence-electron chi connectivity index (χ0n) is 14.1. The fourth-order valence-corrected chi connectivity index (χ4v) is 4.40. The molecule has 0 amide bonds. The van der Waals surface area contributed by atoms with Crippen molar-refractivity contribution in [3.05, 3.63) is 23.8 Å². The first-order chi connectivity index (χ1) is 11.6. The monoisotopic (exact) mass is 358 g/mol. The highest BCUT2D eigenvalue weighted by Gasteiger charge is 2.44. The first-order valence-corrected chi connectivity index (χ1v) is 9.61. The van der Waals surface area contributed by atoms with Crippen LogP contribution in [0.15, 0.2) is 18.2 Å². The number of carbonyl (C=O) groups excluding carboxylic acids is 1. The number of rotatable bonds is 8. The van der Waals surface area contributed by atoms with Crippen LogP contribution in [0.2, 0.25) is 0 Å². The summed E-state index contributed by atoms with van der Waals surface area (Å²) in [6.45, 7) is 6.41. The van der Waals surface area contributed by atoms with E-state index in [0.717, 1.165) is 0 Å². The second-order valence-corrected chi connectivity index (χ2v) is 7.05. The summed E-state index contributed by atoms with van der Waals surface area (Å²) in [5.41, 5.74) is -0.726. The van der Waals surface area contributed by atoms with Gasteiger partial charge in [0.05, 0.1) is 19.8 Å². The van der Waals surface area contributed by atoms with Crippen molar-refractivity contribution < 1.29 is 32.6 Å². The second kappa shape index (κ2) is 8.51. The van der Waals surface area contributed by atoms with Gasteiger partial charge in [-0.1, -0.05) is 6.07 Å². The Morgan fingerprint density at radius 3 is 2.29 bits per heavy atom. The van der Waals surface area contributed by atoms with Crippen molar-refractivity contribution >= 4 is 13.6 Å². The van der Waals surface area contributed by atoms with Gasteiger partial charge in [-0.25, -0.2) is 0 Å². The van der Waals surface area contributed by atoms with Crippen LogP contribution < -0.4 is 9.47 Å². The summed E-state index contributed by atoms with van der Waals surface area (Å²) in [5.74, 6) is 0.419. The molecule has 0 bridgehead atoms. The molecule has 7 nitrogen and oxygen atoms in total. The van der Waals surface area contributed by atoms with E-state index in [0.29, 0.717) is 30.3 Å². The van der Waals surface area contributed by atoms with Crippen LogP contribution in [0.1, 0.15) is 32.0 Å². The lowest BCUT2D eigenvalue weighted by atomic mass is 10.1. The Morgan fingerprint density at radius 2 is 1.71 bits per heavy atom. The molecule has 1 heterocycles. The molecule has 1 aromatic carbocycles. The first-order valence-electron chi connectivity index (χ1n) is 8.00. The third kappa shape index (κ3) is 4.09. The van der Waals surface area contributed by atoms with Gasteiger partial charge in [0.1, 0.15) is 13.2 Å². The van der Waals surface area contributed by atoms with Crippen LogP contribution in [-0.2, 0) is 23.1 Å². The van der Waals surface area contributed by atoms with E-state index in [4.69, 9.17) is 23.3 Å². The smallest absolute Gasteiger partial charge is 0.349 e. The maximum absolute atomic E-state index is 13.2. The second-order valence-electron chi connectivity index (χ2n) is 4.93. The van der Waals surface area contributed by atoms with Gasteiger partial charge in [0, 0.05) is 0 Å². The van der Waals surface area contributed by atoms with Gasteiger partial charge in [-0.15, -0.1) is 0 Å². The first kappa shape index (κ1) is 18.8. The van der Waals surface area contributed by atoms with Crippen LogP contribution in [0.25, 0.3) is 0 Å². The molecule has 0 aromatic heterocycles. The number of esters is 1. The summed E-state index contributed by atoms with van der Waals surface area (Å²) in [7, 11) is -3.74. The molecule has 0 saturated heterocycles. The maximum atomic E-state index is 13.2. The van der Waals surface area contributed by atoms with Crippen molar-refractivity contribution in [1.29, 1.82) is 0 Å². The minimum Gasteiger partial charge on any atom is -0.486 e. The molecule has 24 heavy (non-hydrogen) atoms. The molecule has 1 aromatic rings. The number of fused-ring (bicyclic) bond motifs is 1. The zero-order valence-corrected chi connectivity index (χ0v) is 15.0. The molecule has 134 valence electrons. The molecule has 0 saturated carbocycles. The van der Waals surface area contributed by atoms with Gasteiger partial charge >= 0.3 is 13.6 Å². The third-order valence-corrected chi connectivity index (χ3v) is 5.70. The molecule has 0 N–H and O–H groups in total. The number of hydrogen-bond acceptors (Lipinski definition) is 7. The van der Waals surface area contributed by atoms with Crippen molar-refractivity contribution in [3.8, 4) is 11.5 Å². The van der Waals surface area contributed by atoms with Crippen molar-refractivity contribution in [2.24, 2.45) is 0 Å². The van der Waals surface area contributed by atoms with E-state index in [-0.39, 0.29) is 19.8 Å². The lowest BCUT2D eigenvalue weighted by molar-refractivity contribution is -0.143. The van der Waals surface area contributed by atoms with E-state index in [2.05, 4.69) is 0 Å². The molecule has 8 heteroatoms. The molecule has 0 aliphatic carbocycles. The number of carbonyl (C=O) groups is 1. The summed E-state index contributed by atoms with van der Waals surface area (Å²) in [4.78, 5) is 12.5. The maximum Gasteiger partial charge on any atom is 0.349 e. The average Bonchev–Trinajstić information content (AvgIpc) is 2.55. The molecule has 0 spiro atoms. The van der Waals surface area contributed by atoms with Gasteiger partial charge in [0.25, 0.3) is 0 Å². The van der Waals surface area contributed by atoms with E-state index in [1.807, 2.05) is 0 Å². The van der Waals surface area contributed by atoms with Crippen LogP contribution in [0.5, 0.6) is 11.5 Å². The minimum absolute atomic E-state index is 0.151. The lowest BCUT2D eigenvalue weighted by Gasteiger charge is -2.26. The molecule has 0 radical (unpaired) electrons. The molecule has 1 aliphatic rings. The molecule has 1 unspecified atom stereocenters. The van der Waals surface area contributed by atoms with Crippen molar-refractivity contribution in [2.75, 3.05) is 33.0 Å². The highest BCUT2D eigenvalue weighted by Crippen LogP contribution is 2.61. The Bertz CT molecular complexity index is 606. The Kier molecular flexibility index (Phi) is 6.66. The van der Waals surface area contributed by atoms with Crippen LogP contribution in [0.3, 0.4) is 0 Å². The molecule has 1 aliphatic heterocycles. The third-order valence-electron chi connectivity index (χ3n) is 3.33. The predicted molar refractivity (Wildman–Crippen MR) is 87.7 cm³/mol. The quantitative estimate of drug-likeness (QED) is 0.521. The summed E-state index contributed by atoms with van der Waals surface area (Å²) in [6, 6.07) is 4.96. The van der Waals surface area contributed by atoms with E-state index < -0.39 is 19.2 Å². The highest BCUT2D eigenvalue weighted by molar-refractivity contribution is 7.55. The minimum atomic E-state index is -3.74. The van der Waals surface area contributed by atoms with Crippen LogP contribution in [0.4, 0.5) is 0 Å². The summed E-state index contributed by atoms with van der Waals surface area (Å²) in [6.07, 6.45) is 0. The van der Waals surface area contributed by atoms with Crippen LogP contribution in [-0.4, -0.2) is 39.0 Å². The Labute approximate surface area is 141 Å². The van der Waals surface area contributed by atoms with Crippen molar-refractivity contribution in [2.45, 2.75) is 26.4 Å². The molecule has 1 atom stereocenters. The number of hydrogen-bond donors (Lipinski definition) is 0. The van der Waals surface area contributed by atoms with E-state index in [9.17, 15) is 9.36 Å². The average molecular weight is 358 g/mol. The Morgan fingerprint density at radius 1 is 1.08 bits per heavy atom. The zero-order chi connectivity index (χ0) is 17.6. The normalized spacial score (nSPS) is 15.0. The van der Waals surface area contributed by atoms with Gasteiger partial charge in [0.15, 0.2) is 17.2 Å². The molecular formula is C16H23O7P. The largest absolute Gasteiger partial charge is 0.486 e. The van der Waals surface area contributed by atoms with E-state index >= 15 is 0 Å². The van der Waals surface area contributed by atoms with E-state index in [1.165, 1.54) is 0 Å². The SMILES string of the molecule is CCOC(=O)C(c1ccc2c(c1)OCCO2)P(=O)(OCC)OCC. The number of ether oxygens (including phenoxy) is 3. The van der Waals surface area contributed by atoms with Gasteiger partial charge in [-0.05, 0) is 38.5 Å². The van der Waals surface area contributed by atoms with Gasteiger partial charge in [0.2, 0.25) is 0 Å². The van der Waals surface area contributed by atoms with E-state index in [1.54, 1.807) is 39.0 Å². The highest BCUT2D eigenvalue weighted by atomic mass is 31.2. The van der Waals surface area contributed by atoms with Gasteiger partial charge in [-0.3, -0.25) is 9.36 Å². The molecule has 0 fully saturated rings. The fraction of sp³-hybridized carbons (Fsp3) is 0.562. The standard InChI is InChI=1S/C16H23O7P/c1-4-19-16(17)15(24(18,22-5-2)23-6-3)12-7-8-13-14(11-12)21-10-9-20-13/h7-8,11,15H,4-6,9-10H2,1-3H3. The van der Waals surface area contributed by atoms with Gasteiger partial charge in [-0.2, -0.15) is 0 Å². The summed E-state index contributed by atoms with van der Waals surface area (Å²) >= 11 is 0. The topological polar surface area (TPSA) is 80.3 Å². The van der Waals surface area contributed by atoms with Crippen LogP contribution in [0, 0.1) is 0 Å². The fourth-order valence-electron chi connectivity index (χ4n) is 2.45. The summed E-state index contributed by atoms with van der Waals surface area (Å²) < 4.78 is 40.0. The Balaban J connectivity index is 2.45. The van der Waals surface area contributed by atoms with Crippen LogP contribution >= 0.6 is 7.60 Å². The number of benzene rings is 1. The molecular weight excluding hydrogens is 335 g/mol. The predicted octanol–water partition coefficient (Wildman–Crippen LogP) is 3.33. The lowest BCUT2D eigenvalue weighted by Crippen LogP contribution is -2.20. The van der Waals surface area contributed by atoms with Crippen molar-refractivity contribution in [1.82, 2.24) is 0 Å². The summed E-state index contributed by atoms with van der Waals surface area (Å²) in [5, 5.41) is 0. The molecule has 2 rings (SSSR count).